The summed E-state index contributed by atoms with van der Waals surface area (Å²) in [6.07, 6.45) is 6.44. The van der Waals surface area contributed by atoms with Gasteiger partial charge in [0.15, 0.2) is 0 Å². The van der Waals surface area contributed by atoms with Crippen LogP contribution in [0.25, 0.3) is 0 Å². The molecule has 3 rings (SSSR count). The van der Waals surface area contributed by atoms with E-state index < -0.39 is 0 Å². The molecule has 0 aliphatic carbocycles. The highest BCUT2D eigenvalue weighted by Crippen LogP contribution is 2.23. The second-order valence-electron chi connectivity index (χ2n) is 4.92. The Morgan fingerprint density at radius 3 is 3.26 bits per heavy atom. The molecular weight excluding hydrogens is 242 g/mol. The fourth-order valence-electron chi connectivity index (χ4n) is 2.51. The van der Waals surface area contributed by atoms with Crippen molar-refractivity contribution in [1.29, 1.82) is 0 Å². The zero-order valence-corrected chi connectivity index (χ0v) is 11.1. The average molecular weight is 261 g/mol. The van der Waals surface area contributed by atoms with E-state index in [4.69, 9.17) is 9.15 Å². The number of hydrogen-bond donors (Lipinski definition) is 1. The molecule has 1 aliphatic rings. The van der Waals surface area contributed by atoms with Crippen LogP contribution in [0.3, 0.4) is 0 Å². The number of rotatable bonds is 4. The van der Waals surface area contributed by atoms with E-state index in [0.717, 1.165) is 37.6 Å². The van der Waals surface area contributed by atoms with Gasteiger partial charge in [0.2, 0.25) is 0 Å². The molecule has 0 radical (unpaired) electrons. The second kappa shape index (κ2) is 5.59. The number of aromatic nitrogens is 2. The Bertz CT molecular complexity index is 501. The highest BCUT2D eigenvalue weighted by atomic mass is 16.5. The Labute approximate surface area is 112 Å². The third kappa shape index (κ3) is 2.72. The summed E-state index contributed by atoms with van der Waals surface area (Å²) in [7, 11) is 0. The zero-order chi connectivity index (χ0) is 13.1. The largest absolute Gasteiger partial charge is 0.469 e. The summed E-state index contributed by atoms with van der Waals surface area (Å²) in [5, 5.41) is 3.35. The van der Waals surface area contributed by atoms with Crippen molar-refractivity contribution in [1.82, 2.24) is 14.9 Å². The van der Waals surface area contributed by atoms with Gasteiger partial charge in [0.05, 0.1) is 31.1 Å². The standard InChI is InChI=1S/C14H19N3O2/c1-11(7-12-3-2-5-18-12)17-10-16-8-13(17)14-9-15-4-6-19-14/h2-3,5,8,10-11,14-15H,4,6-7,9H2,1H3. The highest BCUT2D eigenvalue weighted by Gasteiger charge is 2.21. The lowest BCUT2D eigenvalue weighted by Gasteiger charge is -2.26. The molecule has 2 aromatic heterocycles. The second-order valence-corrected chi connectivity index (χ2v) is 4.92. The van der Waals surface area contributed by atoms with Crippen molar-refractivity contribution >= 4 is 0 Å². The van der Waals surface area contributed by atoms with Crippen molar-refractivity contribution in [3.8, 4) is 0 Å². The molecular formula is C14H19N3O2. The minimum Gasteiger partial charge on any atom is -0.469 e. The topological polar surface area (TPSA) is 52.2 Å². The molecule has 1 aliphatic heterocycles. The summed E-state index contributed by atoms with van der Waals surface area (Å²) < 4.78 is 13.4. The predicted octanol–water partition coefficient (Wildman–Crippen LogP) is 1.94. The number of furan rings is 1. The van der Waals surface area contributed by atoms with Crippen molar-refractivity contribution in [2.24, 2.45) is 0 Å². The number of nitrogens with zero attached hydrogens (tertiary/aromatic N) is 2. The molecule has 3 heterocycles. The van der Waals surface area contributed by atoms with Gasteiger partial charge in [0.25, 0.3) is 0 Å². The number of nitrogens with one attached hydrogen (secondary N) is 1. The molecule has 2 unspecified atom stereocenters. The van der Waals surface area contributed by atoms with Crippen LogP contribution in [0.4, 0.5) is 0 Å². The van der Waals surface area contributed by atoms with E-state index >= 15 is 0 Å². The van der Waals surface area contributed by atoms with Crippen LogP contribution in [-0.2, 0) is 11.2 Å². The van der Waals surface area contributed by atoms with Gasteiger partial charge in [-0.25, -0.2) is 4.98 Å². The van der Waals surface area contributed by atoms with E-state index in [1.54, 1.807) is 6.26 Å². The maximum Gasteiger partial charge on any atom is 0.111 e. The van der Waals surface area contributed by atoms with Crippen molar-refractivity contribution in [3.63, 3.8) is 0 Å². The molecule has 2 aromatic rings. The van der Waals surface area contributed by atoms with Crippen LogP contribution in [0.1, 0.15) is 30.5 Å². The highest BCUT2D eigenvalue weighted by molar-refractivity contribution is 5.08. The minimum atomic E-state index is 0.0929. The van der Waals surface area contributed by atoms with Gasteiger partial charge in [-0.1, -0.05) is 0 Å². The smallest absolute Gasteiger partial charge is 0.111 e. The van der Waals surface area contributed by atoms with E-state index in [1.165, 1.54) is 0 Å². The van der Waals surface area contributed by atoms with Gasteiger partial charge in [0, 0.05) is 25.6 Å². The van der Waals surface area contributed by atoms with Gasteiger partial charge >= 0.3 is 0 Å². The third-order valence-electron chi connectivity index (χ3n) is 3.51. The first-order valence-corrected chi connectivity index (χ1v) is 6.71. The van der Waals surface area contributed by atoms with Crippen LogP contribution < -0.4 is 5.32 Å². The molecule has 2 atom stereocenters. The molecule has 5 heteroatoms. The molecule has 19 heavy (non-hydrogen) atoms. The molecule has 5 nitrogen and oxygen atoms in total. The lowest BCUT2D eigenvalue weighted by molar-refractivity contribution is 0.0220. The van der Waals surface area contributed by atoms with Gasteiger partial charge < -0.3 is 19.0 Å². The fourth-order valence-corrected chi connectivity index (χ4v) is 2.51. The Morgan fingerprint density at radius 1 is 1.58 bits per heavy atom. The van der Waals surface area contributed by atoms with Crippen LogP contribution >= 0.6 is 0 Å². The molecule has 0 saturated carbocycles. The molecule has 0 spiro atoms. The molecule has 1 N–H and O–H groups in total. The number of morpholine rings is 1. The van der Waals surface area contributed by atoms with Gasteiger partial charge in [-0.2, -0.15) is 0 Å². The summed E-state index contributed by atoms with van der Waals surface area (Å²) in [4.78, 5) is 4.27. The van der Waals surface area contributed by atoms with Crippen molar-refractivity contribution in [3.05, 3.63) is 42.4 Å². The monoisotopic (exact) mass is 261 g/mol. The average Bonchev–Trinajstić information content (AvgIpc) is 3.10. The van der Waals surface area contributed by atoms with Crippen LogP contribution in [0, 0.1) is 0 Å². The SMILES string of the molecule is CC(Cc1ccco1)n1cncc1C1CNCCO1. The first-order valence-electron chi connectivity index (χ1n) is 6.71. The maximum atomic E-state index is 5.80. The minimum absolute atomic E-state index is 0.0929. The van der Waals surface area contributed by atoms with Crippen molar-refractivity contribution in [2.75, 3.05) is 19.7 Å². The van der Waals surface area contributed by atoms with E-state index in [0.29, 0.717) is 6.04 Å². The molecule has 1 saturated heterocycles. The van der Waals surface area contributed by atoms with Gasteiger partial charge in [-0.05, 0) is 19.1 Å². The lowest BCUT2D eigenvalue weighted by atomic mass is 10.1. The third-order valence-corrected chi connectivity index (χ3v) is 3.51. The van der Waals surface area contributed by atoms with E-state index in [1.807, 2.05) is 24.7 Å². The lowest BCUT2D eigenvalue weighted by Crippen LogP contribution is -2.34. The summed E-state index contributed by atoms with van der Waals surface area (Å²) in [6.45, 7) is 4.69. The normalized spacial score (nSPS) is 21.4. The summed E-state index contributed by atoms with van der Waals surface area (Å²) >= 11 is 0. The van der Waals surface area contributed by atoms with Crippen molar-refractivity contribution in [2.45, 2.75) is 25.5 Å². The van der Waals surface area contributed by atoms with Crippen LogP contribution in [0.5, 0.6) is 0 Å². The zero-order valence-electron chi connectivity index (χ0n) is 11.1. The first kappa shape index (κ1) is 12.4. The molecule has 0 aromatic carbocycles. The van der Waals surface area contributed by atoms with Crippen LogP contribution in [0.15, 0.2) is 35.3 Å². The molecule has 1 fully saturated rings. The van der Waals surface area contributed by atoms with Gasteiger partial charge in [-0.3, -0.25) is 0 Å². The van der Waals surface area contributed by atoms with Gasteiger partial charge in [-0.15, -0.1) is 0 Å². The molecule has 0 bridgehead atoms. The summed E-state index contributed by atoms with van der Waals surface area (Å²) in [5.74, 6) is 0.995. The Morgan fingerprint density at radius 2 is 2.53 bits per heavy atom. The number of ether oxygens (including phenoxy) is 1. The molecule has 102 valence electrons. The summed E-state index contributed by atoms with van der Waals surface area (Å²) in [5.41, 5.74) is 1.13. The number of imidazole rings is 1. The predicted molar refractivity (Wildman–Crippen MR) is 70.9 cm³/mol. The Hall–Kier alpha value is -1.59. The van der Waals surface area contributed by atoms with Crippen LogP contribution in [-0.4, -0.2) is 29.2 Å². The maximum absolute atomic E-state index is 5.80. The molecule has 0 amide bonds. The van der Waals surface area contributed by atoms with E-state index in [2.05, 4.69) is 21.8 Å². The number of hydrogen-bond acceptors (Lipinski definition) is 4. The van der Waals surface area contributed by atoms with E-state index in [-0.39, 0.29) is 6.10 Å². The first-order chi connectivity index (χ1) is 9.34. The Balaban J connectivity index is 1.75. The van der Waals surface area contributed by atoms with Gasteiger partial charge in [0.1, 0.15) is 11.9 Å². The van der Waals surface area contributed by atoms with Crippen molar-refractivity contribution < 1.29 is 9.15 Å². The fraction of sp³-hybridized carbons (Fsp3) is 0.500. The van der Waals surface area contributed by atoms with E-state index in [9.17, 15) is 0 Å². The van der Waals surface area contributed by atoms with Crippen LogP contribution in [0.2, 0.25) is 0 Å². The quantitative estimate of drug-likeness (QED) is 0.914. The Kier molecular flexibility index (Phi) is 3.66. The summed E-state index contributed by atoms with van der Waals surface area (Å²) in [6, 6.07) is 4.23.